The summed E-state index contributed by atoms with van der Waals surface area (Å²) < 4.78 is 12.2. The number of likely N-dealkylation sites (tertiary alicyclic amines) is 1. The van der Waals surface area contributed by atoms with Gasteiger partial charge in [0.2, 0.25) is 11.8 Å². The number of rotatable bonds is 8. The minimum Gasteiger partial charge on any atom is -0.466 e. The summed E-state index contributed by atoms with van der Waals surface area (Å²) in [5, 5.41) is 13.6. The number of para-hydroxylation sites is 1. The van der Waals surface area contributed by atoms with E-state index in [0.717, 1.165) is 11.1 Å². The fourth-order valence-corrected chi connectivity index (χ4v) is 7.11. The molecule has 6 atom stereocenters. The van der Waals surface area contributed by atoms with Gasteiger partial charge >= 0.3 is 5.97 Å². The molecule has 2 N–H and O–H groups in total. The van der Waals surface area contributed by atoms with E-state index in [1.165, 1.54) is 4.90 Å². The van der Waals surface area contributed by atoms with Crippen molar-refractivity contribution in [1.82, 2.24) is 4.90 Å². The van der Waals surface area contributed by atoms with Crippen LogP contribution in [-0.4, -0.2) is 58.2 Å². The van der Waals surface area contributed by atoms with Crippen molar-refractivity contribution in [1.29, 1.82) is 0 Å². The number of ether oxygens (including phenoxy) is 2. The van der Waals surface area contributed by atoms with Crippen LogP contribution in [-0.2, 0) is 23.9 Å². The predicted molar refractivity (Wildman–Crippen MR) is 141 cm³/mol. The summed E-state index contributed by atoms with van der Waals surface area (Å²) >= 11 is 0. The molecule has 3 heterocycles. The highest BCUT2D eigenvalue weighted by atomic mass is 16.6. The quantitative estimate of drug-likeness (QED) is 0.515. The van der Waals surface area contributed by atoms with Crippen LogP contribution < -0.4 is 5.32 Å². The van der Waals surface area contributed by atoms with Crippen LogP contribution in [0.3, 0.4) is 0 Å². The maximum atomic E-state index is 14.4. The Morgan fingerprint density at radius 3 is 2.39 bits per heavy atom. The van der Waals surface area contributed by atoms with Crippen molar-refractivity contribution in [3.63, 3.8) is 0 Å². The van der Waals surface area contributed by atoms with E-state index in [1.54, 1.807) is 6.92 Å². The van der Waals surface area contributed by atoms with Gasteiger partial charge in [0.25, 0.3) is 0 Å². The smallest absolute Gasteiger partial charge is 0.312 e. The zero-order valence-electron chi connectivity index (χ0n) is 22.4. The number of aliphatic hydroxyl groups is 1. The van der Waals surface area contributed by atoms with Gasteiger partial charge in [-0.2, -0.15) is 0 Å². The Labute approximate surface area is 223 Å². The molecule has 2 bridgehead atoms. The highest BCUT2D eigenvalue weighted by molar-refractivity contribution is 6.04. The molecule has 3 saturated heterocycles. The van der Waals surface area contributed by atoms with Crippen molar-refractivity contribution in [3.8, 4) is 0 Å². The van der Waals surface area contributed by atoms with E-state index in [1.807, 2.05) is 69.3 Å². The monoisotopic (exact) mass is 520 g/mol. The summed E-state index contributed by atoms with van der Waals surface area (Å²) in [4.78, 5) is 43.4. The van der Waals surface area contributed by atoms with Crippen molar-refractivity contribution in [2.75, 3.05) is 18.5 Å². The standard InChI is InChI=1S/C30H36N2O6/c1-5-29-15-16-30(38-29)22(23(29)28(36)37-6-2)27(35)32(21(17-33)20-13-8-7-9-14-20)25(30)26(34)31-24-18(3)11-10-12-19(24)4/h7-14,21-23,25,33H,5-6,15-17H2,1-4H3,(H,31,34)/t21-,22+,23+,25?,29-,30?/m1/s1. The highest BCUT2D eigenvalue weighted by Crippen LogP contribution is 2.65. The predicted octanol–water partition coefficient (Wildman–Crippen LogP) is 3.69. The summed E-state index contributed by atoms with van der Waals surface area (Å²) in [5.74, 6) is -2.90. The van der Waals surface area contributed by atoms with Gasteiger partial charge in [0.05, 0.1) is 30.8 Å². The van der Waals surface area contributed by atoms with Gasteiger partial charge in [-0.3, -0.25) is 14.4 Å². The van der Waals surface area contributed by atoms with E-state index in [4.69, 9.17) is 9.47 Å². The number of fused-ring (bicyclic) bond motifs is 1. The number of hydrogen-bond donors (Lipinski definition) is 2. The van der Waals surface area contributed by atoms with Gasteiger partial charge in [0.15, 0.2) is 0 Å². The molecule has 1 spiro atoms. The molecular formula is C30H36N2O6. The Morgan fingerprint density at radius 1 is 1.11 bits per heavy atom. The van der Waals surface area contributed by atoms with Crippen molar-refractivity contribution < 1.29 is 29.0 Å². The van der Waals surface area contributed by atoms with E-state index < -0.39 is 41.1 Å². The number of esters is 1. The van der Waals surface area contributed by atoms with Crippen molar-refractivity contribution in [2.24, 2.45) is 11.8 Å². The number of aryl methyl sites for hydroxylation is 2. The first-order chi connectivity index (χ1) is 18.2. The van der Waals surface area contributed by atoms with Crippen molar-refractivity contribution >= 4 is 23.5 Å². The Bertz CT molecular complexity index is 1230. The maximum absolute atomic E-state index is 14.4. The lowest BCUT2D eigenvalue weighted by Crippen LogP contribution is -2.54. The second-order valence-electron chi connectivity index (χ2n) is 10.7. The molecule has 5 rings (SSSR count). The first-order valence-corrected chi connectivity index (χ1v) is 13.5. The molecular weight excluding hydrogens is 484 g/mol. The van der Waals surface area contributed by atoms with Gasteiger partial charge in [-0.1, -0.05) is 55.5 Å². The van der Waals surface area contributed by atoms with Crippen LogP contribution in [0.1, 0.15) is 55.8 Å². The normalized spacial score (nSPS) is 30.3. The third-order valence-electron chi connectivity index (χ3n) is 8.83. The molecule has 2 aromatic rings. The fraction of sp³-hybridized carbons (Fsp3) is 0.500. The molecule has 202 valence electrons. The Morgan fingerprint density at radius 2 is 1.79 bits per heavy atom. The van der Waals surface area contributed by atoms with Crippen LogP contribution in [0.15, 0.2) is 48.5 Å². The third-order valence-corrected chi connectivity index (χ3v) is 8.83. The SMILES string of the molecule is CCOC(=O)[C@@H]1[C@H]2C(=O)N([C@H](CO)c3ccccc3)C(C(=O)Nc3c(C)cccc3C)C23CC[C@@]1(CC)O3. The molecule has 2 aromatic carbocycles. The lowest BCUT2D eigenvalue weighted by Gasteiger charge is -2.37. The molecule has 2 amide bonds. The van der Waals surface area contributed by atoms with E-state index in [0.29, 0.717) is 30.5 Å². The zero-order valence-corrected chi connectivity index (χ0v) is 22.4. The van der Waals surface area contributed by atoms with Crippen LogP contribution in [0.25, 0.3) is 0 Å². The molecule has 2 unspecified atom stereocenters. The zero-order chi connectivity index (χ0) is 27.2. The summed E-state index contributed by atoms with van der Waals surface area (Å²) in [5.41, 5.74) is 1.12. The van der Waals surface area contributed by atoms with Gasteiger partial charge in [-0.05, 0) is 56.7 Å². The summed E-state index contributed by atoms with van der Waals surface area (Å²) in [6.45, 7) is 7.33. The molecule has 8 nitrogen and oxygen atoms in total. The number of carbonyl (C=O) groups is 3. The minimum atomic E-state index is -1.20. The lowest BCUT2D eigenvalue weighted by atomic mass is 9.65. The van der Waals surface area contributed by atoms with Gasteiger partial charge in [0, 0.05) is 5.69 Å². The minimum absolute atomic E-state index is 0.187. The molecule has 0 aromatic heterocycles. The molecule has 0 saturated carbocycles. The molecule has 8 heteroatoms. The number of benzene rings is 2. The topological polar surface area (TPSA) is 105 Å². The average molecular weight is 521 g/mol. The Kier molecular flexibility index (Phi) is 6.82. The largest absolute Gasteiger partial charge is 0.466 e. The number of amides is 2. The number of carbonyl (C=O) groups excluding carboxylic acids is 3. The third kappa shape index (κ3) is 3.76. The molecule has 3 aliphatic rings. The number of anilines is 1. The van der Waals surface area contributed by atoms with E-state index in [2.05, 4.69) is 5.32 Å². The van der Waals surface area contributed by atoms with Crippen LogP contribution in [0.5, 0.6) is 0 Å². The molecule has 0 radical (unpaired) electrons. The van der Waals surface area contributed by atoms with Crippen LogP contribution in [0, 0.1) is 25.7 Å². The van der Waals surface area contributed by atoms with E-state index in [9.17, 15) is 19.5 Å². The van der Waals surface area contributed by atoms with Gasteiger partial charge in [0.1, 0.15) is 17.6 Å². The van der Waals surface area contributed by atoms with Gasteiger partial charge in [-0.15, -0.1) is 0 Å². The Balaban J connectivity index is 1.64. The van der Waals surface area contributed by atoms with Crippen molar-refractivity contribution in [2.45, 2.75) is 70.2 Å². The number of hydrogen-bond acceptors (Lipinski definition) is 6. The van der Waals surface area contributed by atoms with Crippen LogP contribution in [0.4, 0.5) is 5.69 Å². The fourth-order valence-electron chi connectivity index (χ4n) is 7.11. The lowest BCUT2D eigenvalue weighted by molar-refractivity contribution is -0.161. The van der Waals surface area contributed by atoms with Gasteiger partial charge in [-0.25, -0.2) is 0 Å². The first-order valence-electron chi connectivity index (χ1n) is 13.5. The summed E-state index contributed by atoms with van der Waals surface area (Å²) in [6.07, 6.45) is 1.53. The summed E-state index contributed by atoms with van der Waals surface area (Å²) in [6, 6.07) is 13.1. The van der Waals surface area contributed by atoms with E-state index >= 15 is 0 Å². The first kappa shape index (κ1) is 26.4. The maximum Gasteiger partial charge on any atom is 0.312 e. The second kappa shape index (κ2) is 9.82. The van der Waals surface area contributed by atoms with E-state index in [-0.39, 0.29) is 25.0 Å². The van der Waals surface area contributed by atoms with Gasteiger partial charge < -0.3 is 24.8 Å². The van der Waals surface area contributed by atoms with Crippen molar-refractivity contribution in [3.05, 3.63) is 65.2 Å². The van der Waals surface area contributed by atoms with Crippen LogP contribution >= 0.6 is 0 Å². The molecule has 3 fully saturated rings. The van der Waals surface area contributed by atoms with Crippen LogP contribution in [0.2, 0.25) is 0 Å². The highest BCUT2D eigenvalue weighted by Gasteiger charge is 2.79. The Hall–Kier alpha value is -3.23. The summed E-state index contributed by atoms with van der Waals surface area (Å²) in [7, 11) is 0. The number of nitrogens with zero attached hydrogens (tertiary/aromatic N) is 1. The number of aliphatic hydroxyl groups excluding tert-OH is 1. The second-order valence-corrected chi connectivity index (χ2v) is 10.7. The molecule has 0 aliphatic carbocycles. The average Bonchev–Trinajstić information content (AvgIpc) is 3.51. The number of nitrogens with one attached hydrogen (secondary N) is 1. The molecule has 38 heavy (non-hydrogen) atoms. The molecule has 3 aliphatic heterocycles.